The number of phenols is 2. The van der Waals surface area contributed by atoms with Crippen molar-refractivity contribution < 1.29 is 45.0 Å². The van der Waals surface area contributed by atoms with E-state index in [0.717, 1.165) is 67.4 Å². The van der Waals surface area contributed by atoms with Crippen molar-refractivity contribution in [1.82, 2.24) is 0 Å². The molecule has 0 aliphatic heterocycles. The molecule has 62 heavy (non-hydrogen) atoms. The molecule has 0 amide bonds. The second-order valence-electron chi connectivity index (χ2n) is 14.0. The molecule has 0 bridgehead atoms. The van der Waals surface area contributed by atoms with E-state index in [9.17, 15) is 15.0 Å². The van der Waals surface area contributed by atoms with Crippen LogP contribution in [0.15, 0.2) is 128 Å². The SMILES string of the molecule is CC(C)=CCc1cc(/C=C/c2ccc(Br)c(O)c2)ccc1O.CC(C)=CCc1cc(C=O)ccc1OP.COCOc1ccc(C)cc1Br.COCOc1ccc(CO)cc1Br.[3HH]. The summed E-state index contributed by atoms with van der Waals surface area (Å²) in [5.41, 5.74) is 9.06. The van der Waals surface area contributed by atoms with Crippen LogP contribution in [0.2, 0.25) is 0 Å². The number of aliphatic hydroxyl groups is 1. The quantitative estimate of drug-likeness (QED) is 0.0309. The van der Waals surface area contributed by atoms with E-state index in [-0.39, 0.29) is 27.4 Å². The lowest BCUT2D eigenvalue weighted by Gasteiger charge is -2.07. The highest BCUT2D eigenvalue weighted by Crippen LogP contribution is 2.28. The molecular weight excluding hydrogens is 1000 g/mol. The minimum atomic E-state index is 0. The predicted octanol–water partition coefficient (Wildman–Crippen LogP) is 13.6. The second kappa shape index (κ2) is 29.9. The number of hydrogen-bond donors (Lipinski definition) is 3. The van der Waals surface area contributed by atoms with Crippen molar-refractivity contribution in [1.29, 1.82) is 0 Å². The Labute approximate surface area is 395 Å². The fraction of sp³-hybridized carbons (Fsp3) is 0.245. The van der Waals surface area contributed by atoms with Gasteiger partial charge in [0.2, 0.25) is 0 Å². The lowest BCUT2D eigenvalue weighted by molar-refractivity contribution is 0.0504. The number of methoxy groups -OCH3 is 2. The number of benzene rings is 5. The third kappa shape index (κ3) is 20.7. The topological polar surface area (TPSA) is 124 Å². The first-order valence-corrected chi connectivity index (χ1v) is 22.1. The average Bonchev–Trinajstić information content (AvgIpc) is 3.25. The van der Waals surface area contributed by atoms with E-state index in [2.05, 4.69) is 69.4 Å². The van der Waals surface area contributed by atoms with E-state index < -0.39 is 0 Å². The zero-order valence-corrected chi connectivity index (χ0v) is 42.0. The van der Waals surface area contributed by atoms with Crippen LogP contribution in [0.25, 0.3) is 12.2 Å². The van der Waals surface area contributed by atoms with Crippen molar-refractivity contribution in [2.75, 3.05) is 27.8 Å². The zero-order chi connectivity index (χ0) is 46.0. The van der Waals surface area contributed by atoms with Gasteiger partial charge in [-0.3, -0.25) is 4.79 Å². The number of aldehydes is 1. The highest BCUT2D eigenvalue weighted by Gasteiger charge is 2.05. The number of rotatable bonds is 15. The number of hydrogen-bond acceptors (Lipinski definition) is 9. The molecule has 5 aromatic carbocycles. The number of aryl methyl sites for hydroxylation is 1. The molecule has 334 valence electrons. The van der Waals surface area contributed by atoms with E-state index >= 15 is 0 Å². The van der Waals surface area contributed by atoms with Gasteiger partial charge in [0.25, 0.3) is 0 Å². The van der Waals surface area contributed by atoms with Crippen molar-refractivity contribution in [2.24, 2.45) is 0 Å². The smallest absolute Gasteiger partial charge is 0.188 e. The normalized spacial score (nSPS) is 10.2. The van der Waals surface area contributed by atoms with Gasteiger partial charge in [0, 0.05) is 21.2 Å². The average molecular weight is 1060 g/mol. The van der Waals surface area contributed by atoms with Gasteiger partial charge in [-0.25, -0.2) is 0 Å². The van der Waals surface area contributed by atoms with Gasteiger partial charge in [-0.15, -0.1) is 0 Å². The number of ether oxygens (including phenoxy) is 4. The number of aromatic hydroxyl groups is 2. The van der Waals surface area contributed by atoms with E-state index in [0.29, 0.717) is 21.5 Å². The molecule has 5 rings (SSSR count). The fourth-order valence-electron chi connectivity index (χ4n) is 5.00. The molecular formula is C49H58Br3O9P. The van der Waals surface area contributed by atoms with Crippen LogP contribution < -0.4 is 14.0 Å². The Bertz CT molecular complexity index is 2260. The molecule has 0 radical (unpaired) electrons. The molecule has 13 heteroatoms. The van der Waals surface area contributed by atoms with E-state index in [4.69, 9.17) is 28.6 Å². The Morgan fingerprint density at radius 1 is 0.629 bits per heavy atom. The van der Waals surface area contributed by atoms with Crippen LogP contribution in [0.4, 0.5) is 0 Å². The summed E-state index contributed by atoms with van der Waals surface area (Å²) in [6.07, 6.45) is 10.4. The summed E-state index contributed by atoms with van der Waals surface area (Å²) >= 11 is 9.99. The maximum atomic E-state index is 10.6. The number of carbonyl (C=O) groups is 1. The van der Waals surface area contributed by atoms with Crippen LogP contribution in [-0.2, 0) is 28.9 Å². The van der Waals surface area contributed by atoms with E-state index in [1.807, 2.05) is 107 Å². The molecule has 3 N–H and O–H groups in total. The third-order valence-corrected chi connectivity index (χ3v) is 10.4. The van der Waals surface area contributed by atoms with Crippen molar-refractivity contribution in [2.45, 2.75) is 54.1 Å². The Morgan fingerprint density at radius 3 is 1.66 bits per heavy atom. The molecule has 0 saturated carbocycles. The number of aliphatic hydroxyl groups excluding tert-OH is 1. The fourth-order valence-corrected chi connectivity index (χ4v) is 6.63. The van der Waals surface area contributed by atoms with Crippen LogP contribution in [-0.4, -0.2) is 49.4 Å². The lowest BCUT2D eigenvalue weighted by Crippen LogP contribution is -1.99. The highest BCUT2D eigenvalue weighted by molar-refractivity contribution is 9.11. The maximum absolute atomic E-state index is 10.6. The van der Waals surface area contributed by atoms with Crippen molar-refractivity contribution >= 4 is 75.7 Å². The lowest BCUT2D eigenvalue weighted by atomic mass is 10.0. The predicted molar refractivity (Wildman–Crippen MR) is 267 cm³/mol. The van der Waals surface area contributed by atoms with Gasteiger partial charge in [0.05, 0.1) is 29.5 Å². The summed E-state index contributed by atoms with van der Waals surface area (Å²) in [6.45, 7) is 10.7. The van der Waals surface area contributed by atoms with Gasteiger partial charge >= 0.3 is 0 Å². The first kappa shape index (κ1) is 53.9. The maximum Gasteiger partial charge on any atom is 0.188 e. The summed E-state index contributed by atoms with van der Waals surface area (Å²) < 4.78 is 27.7. The summed E-state index contributed by atoms with van der Waals surface area (Å²) in [6, 6.07) is 27.7. The van der Waals surface area contributed by atoms with Gasteiger partial charge in [-0.05, 0) is 195 Å². The summed E-state index contributed by atoms with van der Waals surface area (Å²) in [7, 11) is 5.39. The van der Waals surface area contributed by atoms with Crippen LogP contribution in [0, 0.1) is 6.92 Å². The van der Waals surface area contributed by atoms with Crippen molar-refractivity contribution in [3.8, 4) is 28.7 Å². The molecule has 9 nitrogen and oxygen atoms in total. The summed E-state index contributed by atoms with van der Waals surface area (Å²) in [5.74, 6) is 2.85. The number of halogens is 3. The van der Waals surface area contributed by atoms with Crippen LogP contribution >= 0.6 is 57.3 Å². The summed E-state index contributed by atoms with van der Waals surface area (Å²) in [4.78, 5) is 10.6. The minimum Gasteiger partial charge on any atom is -0.508 e. The molecule has 0 aliphatic rings. The molecule has 0 heterocycles. The summed E-state index contributed by atoms with van der Waals surface area (Å²) in [5, 5.41) is 28.4. The molecule has 5 aromatic rings. The van der Waals surface area contributed by atoms with Crippen molar-refractivity contribution in [3.63, 3.8) is 0 Å². The second-order valence-corrected chi connectivity index (χ2v) is 16.8. The first-order valence-electron chi connectivity index (χ1n) is 19.2. The Hall–Kier alpha value is -4.26. The Balaban J connectivity index is 0.000000431. The highest BCUT2D eigenvalue weighted by atomic mass is 79.9. The van der Waals surface area contributed by atoms with Crippen molar-refractivity contribution in [3.05, 3.63) is 167 Å². The number of allylic oxidation sites excluding steroid dienone is 4. The monoisotopic (exact) mass is 1060 g/mol. The molecule has 0 spiro atoms. The molecule has 0 aliphatic carbocycles. The van der Waals surface area contributed by atoms with Crippen LogP contribution in [0.3, 0.4) is 0 Å². The minimum absolute atomic E-state index is 0. The standard InChI is InChI=1S/C19H19BrO2.C12H15O2P.C9H11BrO3.C9H11BrO2.H2/c1-13(2)3-8-16-11-14(7-10-18(16)21)4-5-15-6-9-17(20)19(22)12-15;1-9(2)3-5-11-7-10(8-13)4-6-12(11)14-15;1-12-6-13-9-3-2-7(5-11)4-8(9)10;1-7-3-4-9(8(10)5-7)12-6-11-2;/h3-7,9-12,21-22H,8H2,1-2H3;3-4,6-8H,5,15H2,1-2H3;2-4,11H,5-6H2,1H3;3-5H,6H2,1-2H3;1H/b5-4+;;;;/i;;;;1+2. The zero-order valence-electron chi connectivity index (χ0n) is 36.1. The van der Waals surface area contributed by atoms with Gasteiger partial charge in [-0.2, -0.15) is 0 Å². The first-order chi connectivity index (χ1) is 29.6. The largest absolute Gasteiger partial charge is 0.508 e. The van der Waals surface area contributed by atoms with Crippen LogP contribution in [0.5, 0.6) is 28.7 Å². The van der Waals surface area contributed by atoms with E-state index in [1.54, 1.807) is 44.6 Å². The van der Waals surface area contributed by atoms with Crippen LogP contribution in [0.1, 0.15) is 72.9 Å². The van der Waals surface area contributed by atoms with Gasteiger partial charge in [0.15, 0.2) is 13.6 Å². The Kier molecular flexibility index (Phi) is 26.0. The van der Waals surface area contributed by atoms with E-state index in [1.165, 1.54) is 16.7 Å². The molecule has 0 aromatic heterocycles. The molecule has 0 saturated heterocycles. The Morgan fingerprint density at radius 2 is 1.15 bits per heavy atom. The molecule has 1 unspecified atom stereocenters. The van der Waals surface area contributed by atoms with Gasteiger partial charge in [-0.1, -0.05) is 59.7 Å². The molecule has 0 fully saturated rings. The van der Waals surface area contributed by atoms with Gasteiger partial charge in [0.1, 0.15) is 35.0 Å². The molecule has 1 atom stereocenters. The van der Waals surface area contributed by atoms with Gasteiger partial charge < -0.3 is 38.8 Å². The number of carbonyl (C=O) groups excluding carboxylic acids is 1. The third-order valence-electron chi connectivity index (χ3n) is 8.28. The number of phenolic OH excluding ortho intramolecular Hbond substituents is 2.